The lowest BCUT2D eigenvalue weighted by Gasteiger charge is -2.23. The molecule has 1 N–H and O–H groups in total. The Hall–Kier alpha value is -0.770. The zero-order valence-corrected chi connectivity index (χ0v) is 12.2. The predicted octanol–water partition coefficient (Wildman–Crippen LogP) is 3.19. The van der Waals surface area contributed by atoms with Crippen molar-refractivity contribution in [1.82, 2.24) is 9.88 Å². The summed E-state index contributed by atoms with van der Waals surface area (Å²) in [4.78, 5) is 12.3. The molecule has 2 aliphatic carbocycles. The van der Waals surface area contributed by atoms with Crippen molar-refractivity contribution in [2.24, 2.45) is 11.8 Å². The molecule has 0 aliphatic heterocycles. The van der Waals surface area contributed by atoms with Gasteiger partial charge in [0.05, 0.1) is 0 Å². The van der Waals surface area contributed by atoms with Gasteiger partial charge in [-0.1, -0.05) is 6.42 Å². The van der Waals surface area contributed by atoms with Crippen LogP contribution >= 0.6 is 15.9 Å². The first-order valence-corrected chi connectivity index (χ1v) is 7.63. The van der Waals surface area contributed by atoms with Crippen LogP contribution in [0, 0.1) is 11.8 Å². The number of hydrogen-bond acceptors (Lipinski definition) is 1. The van der Waals surface area contributed by atoms with Crippen LogP contribution in [0.3, 0.4) is 0 Å². The summed E-state index contributed by atoms with van der Waals surface area (Å²) in [6, 6.07) is 2.32. The molecule has 98 valence electrons. The molecule has 18 heavy (non-hydrogen) atoms. The third kappa shape index (κ3) is 2.11. The normalized spacial score (nSPS) is 29.8. The van der Waals surface area contributed by atoms with Crippen LogP contribution in [-0.4, -0.2) is 16.5 Å². The van der Waals surface area contributed by atoms with Crippen LogP contribution in [-0.2, 0) is 6.54 Å². The van der Waals surface area contributed by atoms with E-state index in [0.717, 1.165) is 28.5 Å². The second kappa shape index (κ2) is 4.72. The van der Waals surface area contributed by atoms with Crippen LogP contribution in [0.15, 0.2) is 16.7 Å². The molecule has 1 aromatic rings. The van der Waals surface area contributed by atoms with E-state index in [2.05, 4.69) is 28.2 Å². The SMILES string of the molecule is CCn1cc(Br)cc1C(=O)NC1CC2CCC1C2. The molecule has 2 aliphatic rings. The molecule has 2 fully saturated rings. The van der Waals surface area contributed by atoms with Crippen LogP contribution in [0.4, 0.5) is 0 Å². The Kier molecular flexibility index (Phi) is 3.22. The Morgan fingerprint density at radius 1 is 1.50 bits per heavy atom. The fraction of sp³-hybridized carbons (Fsp3) is 0.643. The molecule has 2 bridgehead atoms. The van der Waals surface area contributed by atoms with Crippen LogP contribution in [0.25, 0.3) is 0 Å². The lowest BCUT2D eigenvalue weighted by molar-refractivity contribution is 0.0913. The molecule has 3 atom stereocenters. The standard InChI is InChI=1S/C14H19BrN2O/c1-2-17-8-11(15)7-13(17)14(18)16-12-6-9-3-4-10(12)5-9/h7-10,12H,2-6H2,1H3,(H,16,18). The molecular formula is C14H19BrN2O. The van der Waals surface area contributed by atoms with Gasteiger partial charge in [0.25, 0.3) is 5.91 Å². The van der Waals surface area contributed by atoms with Gasteiger partial charge in [-0.2, -0.15) is 0 Å². The minimum Gasteiger partial charge on any atom is -0.348 e. The Labute approximate surface area is 116 Å². The molecule has 3 unspecified atom stereocenters. The van der Waals surface area contributed by atoms with Gasteiger partial charge in [-0.3, -0.25) is 4.79 Å². The number of nitrogens with one attached hydrogen (secondary N) is 1. The Morgan fingerprint density at radius 2 is 2.33 bits per heavy atom. The molecule has 2 saturated carbocycles. The molecule has 0 saturated heterocycles. The van der Waals surface area contributed by atoms with Crippen molar-refractivity contribution in [3.8, 4) is 0 Å². The van der Waals surface area contributed by atoms with Crippen molar-refractivity contribution < 1.29 is 4.79 Å². The van der Waals surface area contributed by atoms with Gasteiger partial charge in [0.2, 0.25) is 0 Å². The molecule has 0 aromatic carbocycles. The minimum atomic E-state index is 0.0834. The third-order valence-corrected chi connectivity index (χ3v) is 4.92. The summed E-state index contributed by atoms with van der Waals surface area (Å²) in [5.74, 6) is 1.68. The largest absolute Gasteiger partial charge is 0.348 e. The highest BCUT2D eigenvalue weighted by atomic mass is 79.9. The fourth-order valence-corrected chi connectivity index (χ4v) is 4.05. The lowest BCUT2D eigenvalue weighted by Crippen LogP contribution is -2.39. The zero-order chi connectivity index (χ0) is 12.7. The Balaban J connectivity index is 1.71. The van der Waals surface area contributed by atoms with E-state index in [9.17, 15) is 4.79 Å². The van der Waals surface area contributed by atoms with Gasteiger partial charge < -0.3 is 9.88 Å². The highest BCUT2D eigenvalue weighted by Gasteiger charge is 2.40. The van der Waals surface area contributed by atoms with Crippen molar-refractivity contribution in [2.45, 2.75) is 45.2 Å². The molecule has 3 rings (SSSR count). The van der Waals surface area contributed by atoms with Gasteiger partial charge in [0.15, 0.2) is 0 Å². The van der Waals surface area contributed by atoms with Gasteiger partial charge >= 0.3 is 0 Å². The van der Waals surface area contributed by atoms with E-state index < -0.39 is 0 Å². The summed E-state index contributed by atoms with van der Waals surface area (Å²) < 4.78 is 2.97. The Morgan fingerprint density at radius 3 is 2.94 bits per heavy atom. The van der Waals surface area contributed by atoms with E-state index in [1.54, 1.807) is 0 Å². The van der Waals surface area contributed by atoms with E-state index in [4.69, 9.17) is 0 Å². The van der Waals surface area contributed by atoms with Crippen molar-refractivity contribution in [2.75, 3.05) is 0 Å². The van der Waals surface area contributed by atoms with Crippen molar-refractivity contribution in [3.63, 3.8) is 0 Å². The summed E-state index contributed by atoms with van der Waals surface area (Å²) >= 11 is 3.44. The van der Waals surface area contributed by atoms with E-state index in [1.165, 1.54) is 25.7 Å². The summed E-state index contributed by atoms with van der Waals surface area (Å²) in [7, 11) is 0. The summed E-state index contributed by atoms with van der Waals surface area (Å²) in [6.07, 6.45) is 7.14. The number of nitrogens with zero attached hydrogens (tertiary/aromatic N) is 1. The van der Waals surface area contributed by atoms with Crippen LogP contribution in [0.2, 0.25) is 0 Å². The van der Waals surface area contributed by atoms with E-state index in [-0.39, 0.29) is 5.91 Å². The highest BCUT2D eigenvalue weighted by molar-refractivity contribution is 9.10. The molecule has 1 amide bonds. The topological polar surface area (TPSA) is 34.0 Å². The van der Waals surface area contributed by atoms with Crippen LogP contribution < -0.4 is 5.32 Å². The average molecular weight is 311 g/mol. The molecule has 4 heteroatoms. The predicted molar refractivity (Wildman–Crippen MR) is 74.5 cm³/mol. The monoisotopic (exact) mass is 310 g/mol. The highest BCUT2D eigenvalue weighted by Crippen LogP contribution is 2.44. The summed E-state index contributed by atoms with van der Waals surface area (Å²) in [6.45, 7) is 2.88. The first kappa shape index (κ1) is 12.3. The number of aryl methyl sites for hydroxylation is 1. The van der Waals surface area contributed by atoms with E-state index >= 15 is 0 Å². The lowest BCUT2D eigenvalue weighted by atomic mass is 9.95. The smallest absolute Gasteiger partial charge is 0.268 e. The fourth-order valence-electron chi connectivity index (χ4n) is 3.59. The van der Waals surface area contributed by atoms with Crippen LogP contribution in [0.5, 0.6) is 0 Å². The minimum absolute atomic E-state index is 0.0834. The van der Waals surface area contributed by atoms with E-state index in [1.807, 2.05) is 16.8 Å². The average Bonchev–Trinajstić information content (AvgIpc) is 3.02. The van der Waals surface area contributed by atoms with Crippen molar-refractivity contribution in [1.29, 1.82) is 0 Å². The first-order valence-electron chi connectivity index (χ1n) is 6.84. The molecule has 1 heterocycles. The summed E-state index contributed by atoms with van der Waals surface area (Å²) in [5.41, 5.74) is 0.771. The third-order valence-electron chi connectivity index (χ3n) is 4.49. The molecule has 0 radical (unpaired) electrons. The van der Waals surface area contributed by atoms with Gasteiger partial charge in [0.1, 0.15) is 5.69 Å². The van der Waals surface area contributed by atoms with Gasteiger partial charge in [-0.25, -0.2) is 0 Å². The van der Waals surface area contributed by atoms with E-state index in [0.29, 0.717) is 6.04 Å². The van der Waals surface area contributed by atoms with Crippen LogP contribution in [0.1, 0.15) is 43.1 Å². The number of halogens is 1. The second-order valence-electron chi connectivity index (χ2n) is 5.58. The maximum atomic E-state index is 12.3. The number of aromatic nitrogens is 1. The van der Waals surface area contributed by atoms with Gasteiger partial charge in [-0.15, -0.1) is 0 Å². The Bertz CT molecular complexity index is 468. The van der Waals surface area contributed by atoms with Gasteiger partial charge in [-0.05, 0) is 60.0 Å². The number of carbonyl (C=O) groups is 1. The number of amides is 1. The molecule has 0 spiro atoms. The number of fused-ring (bicyclic) bond motifs is 2. The number of rotatable bonds is 3. The van der Waals surface area contributed by atoms with Crippen molar-refractivity contribution in [3.05, 3.63) is 22.4 Å². The van der Waals surface area contributed by atoms with Crippen molar-refractivity contribution >= 4 is 21.8 Å². The van der Waals surface area contributed by atoms with Gasteiger partial charge in [0, 0.05) is 23.3 Å². The molecule has 1 aromatic heterocycles. The molecule has 3 nitrogen and oxygen atoms in total. The number of carbonyl (C=O) groups excluding carboxylic acids is 1. The second-order valence-corrected chi connectivity index (χ2v) is 6.50. The maximum absolute atomic E-state index is 12.3. The maximum Gasteiger partial charge on any atom is 0.268 e. The first-order chi connectivity index (χ1) is 8.67. The number of hydrogen-bond donors (Lipinski definition) is 1. The zero-order valence-electron chi connectivity index (χ0n) is 10.7. The molecular weight excluding hydrogens is 292 g/mol. The summed E-state index contributed by atoms with van der Waals surface area (Å²) in [5, 5.41) is 3.23. The quantitative estimate of drug-likeness (QED) is 0.914.